The van der Waals surface area contributed by atoms with Crippen molar-refractivity contribution in [3.05, 3.63) is 89.3 Å². The van der Waals surface area contributed by atoms with Gasteiger partial charge in [0.15, 0.2) is 0 Å². The quantitative estimate of drug-likeness (QED) is 0.163. The normalized spacial score (nSPS) is 13.2. The van der Waals surface area contributed by atoms with Crippen LogP contribution in [0.3, 0.4) is 0 Å². The smallest absolute Gasteiger partial charge is 0.348 e. The maximum atomic E-state index is 12.6. The van der Waals surface area contributed by atoms with E-state index in [0.717, 1.165) is 68.4 Å². The van der Waals surface area contributed by atoms with Gasteiger partial charge >= 0.3 is 5.97 Å². The Morgan fingerprint density at radius 2 is 1.69 bits per heavy atom. The lowest BCUT2D eigenvalue weighted by atomic mass is 10.0. The molecular formula is C36H37N3O5S. The fourth-order valence-electron chi connectivity index (χ4n) is 5.78. The highest BCUT2D eigenvalue weighted by Gasteiger charge is 2.23. The Kier molecular flexibility index (Phi) is 8.91. The van der Waals surface area contributed by atoms with E-state index in [1.165, 1.54) is 11.3 Å². The highest BCUT2D eigenvalue weighted by Crippen LogP contribution is 2.44. The van der Waals surface area contributed by atoms with Gasteiger partial charge in [-0.3, -0.25) is 4.79 Å². The molecule has 1 saturated heterocycles. The molecule has 0 N–H and O–H groups in total. The molecule has 6 rings (SSSR count). The third-order valence-corrected chi connectivity index (χ3v) is 9.33. The van der Waals surface area contributed by atoms with Gasteiger partial charge in [0.05, 0.1) is 35.7 Å². The second-order valence-electron chi connectivity index (χ2n) is 11.0. The zero-order chi connectivity index (χ0) is 31.5. The van der Waals surface area contributed by atoms with Crippen LogP contribution in [0.2, 0.25) is 0 Å². The molecule has 1 fully saturated rings. The van der Waals surface area contributed by atoms with Crippen LogP contribution < -0.4 is 14.5 Å². The van der Waals surface area contributed by atoms with Crippen LogP contribution in [0.25, 0.3) is 32.6 Å². The molecule has 0 radical (unpaired) electrons. The summed E-state index contributed by atoms with van der Waals surface area (Å²) in [5, 5.41) is 0. The van der Waals surface area contributed by atoms with Crippen LogP contribution in [0.4, 0.5) is 11.4 Å². The first-order chi connectivity index (χ1) is 21.9. The van der Waals surface area contributed by atoms with Crippen molar-refractivity contribution in [2.75, 3.05) is 49.8 Å². The monoisotopic (exact) mass is 623 g/mol. The van der Waals surface area contributed by atoms with Crippen molar-refractivity contribution in [2.24, 2.45) is 7.05 Å². The largest absolute Gasteiger partial charge is 0.489 e. The summed E-state index contributed by atoms with van der Waals surface area (Å²) in [6, 6.07) is 26.4. The van der Waals surface area contributed by atoms with Gasteiger partial charge in [-0.05, 0) is 66.6 Å². The minimum absolute atomic E-state index is 0.0240. The third-order valence-electron chi connectivity index (χ3n) is 8.21. The maximum absolute atomic E-state index is 12.6. The number of rotatable bonds is 9. The van der Waals surface area contributed by atoms with Crippen LogP contribution in [-0.2, 0) is 27.9 Å². The summed E-state index contributed by atoms with van der Waals surface area (Å²) in [7, 11) is 3.82. The molecule has 0 unspecified atom stereocenters. The van der Waals surface area contributed by atoms with Crippen LogP contribution >= 0.6 is 11.3 Å². The molecule has 1 aliphatic heterocycles. The molecule has 0 spiro atoms. The average Bonchev–Trinajstić information content (AvgIpc) is 3.62. The minimum atomic E-state index is -0.295. The molecular weight excluding hydrogens is 586 g/mol. The van der Waals surface area contributed by atoms with Crippen molar-refractivity contribution < 1.29 is 23.8 Å². The van der Waals surface area contributed by atoms with Gasteiger partial charge in [0, 0.05) is 56.6 Å². The summed E-state index contributed by atoms with van der Waals surface area (Å²) >= 11 is 1.47. The number of amides is 1. The van der Waals surface area contributed by atoms with E-state index in [9.17, 15) is 9.59 Å². The van der Waals surface area contributed by atoms with E-state index in [2.05, 4.69) is 39.8 Å². The number of hydrogen-bond donors (Lipinski definition) is 0. The van der Waals surface area contributed by atoms with E-state index < -0.39 is 0 Å². The highest BCUT2D eigenvalue weighted by molar-refractivity contribution is 7.21. The summed E-state index contributed by atoms with van der Waals surface area (Å²) < 4.78 is 20.4. The van der Waals surface area contributed by atoms with Gasteiger partial charge in [0.25, 0.3) is 0 Å². The van der Waals surface area contributed by atoms with Crippen molar-refractivity contribution in [1.82, 2.24) is 4.57 Å². The Labute approximate surface area is 267 Å². The van der Waals surface area contributed by atoms with Crippen molar-refractivity contribution >= 4 is 44.8 Å². The molecule has 1 amide bonds. The molecule has 9 heteroatoms. The van der Waals surface area contributed by atoms with E-state index in [-0.39, 0.29) is 11.9 Å². The molecule has 232 valence electrons. The van der Waals surface area contributed by atoms with E-state index >= 15 is 0 Å². The predicted molar refractivity (Wildman–Crippen MR) is 181 cm³/mol. The lowest BCUT2D eigenvalue weighted by Crippen LogP contribution is -2.37. The van der Waals surface area contributed by atoms with Gasteiger partial charge in [0.2, 0.25) is 5.91 Å². The van der Waals surface area contributed by atoms with E-state index in [1.807, 2.05) is 62.5 Å². The fourth-order valence-corrected chi connectivity index (χ4v) is 6.93. The van der Waals surface area contributed by atoms with Crippen molar-refractivity contribution in [1.29, 1.82) is 0 Å². The van der Waals surface area contributed by atoms with Crippen LogP contribution in [-0.4, -0.2) is 56.4 Å². The number of carbonyl (C=O) groups is 2. The number of benzene rings is 3. The van der Waals surface area contributed by atoms with E-state index in [1.54, 1.807) is 18.9 Å². The van der Waals surface area contributed by atoms with Gasteiger partial charge in [-0.25, -0.2) is 4.79 Å². The number of aromatic nitrogens is 1. The number of fused-ring (bicyclic) bond motifs is 1. The molecule has 0 saturated carbocycles. The molecule has 45 heavy (non-hydrogen) atoms. The second kappa shape index (κ2) is 13.2. The summed E-state index contributed by atoms with van der Waals surface area (Å²) in [5.74, 6) is 0.430. The Balaban J connectivity index is 1.31. The molecule has 3 aromatic carbocycles. The van der Waals surface area contributed by atoms with Crippen molar-refractivity contribution in [3.8, 4) is 28.1 Å². The predicted octanol–water partition coefficient (Wildman–Crippen LogP) is 7.15. The average molecular weight is 624 g/mol. The summed E-state index contributed by atoms with van der Waals surface area (Å²) in [6.07, 6.45) is 0. The fraction of sp³-hybridized carbons (Fsp3) is 0.278. The van der Waals surface area contributed by atoms with E-state index in [4.69, 9.17) is 14.2 Å². The Hall–Kier alpha value is -4.60. The number of nitrogens with zero attached hydrogens (tertiary/aromatic N) is 3. The van der Waals surface area contributed by atoms with Crippen LogP contribution in [0, 0.1) is 0 Å². The number of aryl methyl sites for hydroxylation is 1. The topological polar surface area (TPSA) is 73.2 Å². The van der Waals surface area contributed by atoms with Crippen molar-refractivity contribution in [3.63, 3.8) is 0 Å². The molecule has 5 aromatic rings. The molecule has 0 atom stereocenters. The van der Waals surface area contributed by atoms with Crippen molar-refractivity contribution in [2.45, 2.75) is 20.5 Å². The molecule has 3 heterocycles. The van der Waals surface area contributed by atoms with Crippen LogP contribution in [0.5, 0.6) is 5.75 Å². The zero-order valence-corrected chi connectivity index (χ0v) is 26.9. The number of morpholine rings is 1. The standard InChI is InChI=1S/C36H37N3O5S/c1-5-43-36(41)32-22-31-35(45-32)33(25-9-7-6-8-10-25)34(38(31)4)26-11-14-29(15-12-26)44-23-27-21-28(37(3)24(2)40)13-16-30(27)39-17-19-42-20-18-39/h6-16,21-22H,5,17-20,23H2,1-4H3. The summed E-state index contributed by atoms with van der Waals surface area (Å²) in [5.41, 5.74) is 8.21. The molecule has 8 nitrogen and oxygen atoms in total. The van der Waals surface area contributed by atoms with Gasteiger partial charge in [-0.2, -0.15) is 0 Å². The number of anilines is 2. The van der Waals surface area contributed by atoms with Crippen LogP contribution in [0.1, 0.15) is 29.1 Å². The molecule has 0 aliphatic carbocycles. The zero-order valence-electron chi connectivity index (χ0n) is 26.0. The first kappa shape index (κ1) is 30.4. The van der Waals surface area contributed by atoms with Gasteiger partial charge in [-0.1, -0.05) is 30.3 Å². The number of esters is 1. The highest BCUT2D eigenvalue weighted by atomic mass is 32.1. The number of ether oxygens (including phenoxy) is 3. The molecule has 1 aliphatic rings. The van der Waals surface area contributed by atoms with E-state index in [0.29, 0.717) is 31.3 Å². The van der Waals surface area contributed by atoms with Gasteiger partial charge < -0.3 is 28.6 Å². The number of carbonyl (C=O) groups excluding carboxylic acids is 2. The minimum Gasteiger partial charge on any atom is -0.489 e. The van der Waals surface area contributed by atoms with Crippen LogP contribution in [0.15, 0.2) is 78.9 Å². The van der Waals surface area contributed by atoms with Gasteiger partial charge in [-0.15, -0.1) is 11.3 Å². The van der Waals surface area contributed by atoms with Gasteiger partial charge in [0.1, 0.15) is 17.2 Å². The lowest BCUT2D eigenvalue weighted by molar-refractivity contribution is -0.116. The molecule has 2 aromatic heterocycles. The Bertz CT molecular complexity index is 1820. The Morgan fingerprint density at radius 1 is 0.956 bits per heavy atom. The SMILES string of the molecule is CCOC(=O)c1cc2c(s1)c(-c1ccccc1)c(-c1ccc(OCc3cc(N(C)C(C)=O)ccc3N3CCOCC3)cc1)n2C. The summed E-state index contributed by atoms with van der Waals surface area (Å²) in [4.78, 5) is 29.2. The Morgan fingerprint density at radius 3 is 2.38 bits per heavy atom. The summed E-state index contributed by atoms with van der Waals surface area (Å²) in [6.45, 7) is 7.06. The second-order valence-corrected chi connectivity index (χ2v) is 12.0. The maximum Gasteiger partial charge on any atom is 0.348 e. The lowest BCUT2D eigenvalue weighted by Gasteiger charge is -2.31. The third kappa shape index (κ3) is 6.18. The first-order valence-electron chi connectivity index (χ1n) is 15.1. The molecule has 0 bridgehead atoms. The number of hydrogen-bond acceptors (Lipinski definition) is 7. The first-order valence-corrected chi connectivity index (χ1v) is 15.9. The number of thiophene rings is 1.